The summed E-state index contributed by atoms with van der Waals surface area (Å²) in [4.78, 5) is 27.6. The molecule has 1 aromatic heterocycles. The number of carbonyl (C=O) groups excluding carboxylic acids is 2. The molecule has 0 aliphatic rings. The number of carbonyl (C=O) groups is 2. The van der Waals surface area contributed by atoms with Gasteiger partial charge in [0.2, 0.25) is 6.41 Å². The van der Waals surface area contributed by atoms with E-state index in [2.05, 4.69) is 20.9 Å². The van der Waals surface area contributed by atoms with E-state index in [1.54, 1.807) is 24.4 Å². The average Bonchev–Trinajstić information content (AvgIpc) is 2.84. The van der Waals surface area contributed by atoms with Crippen molar-refractivity contribution >= 4 is 18.0 Å². The zero-order valence-corrected chi connectivity index (χ0v) is 20.0. The molecule has 2 amide bonds. The van der Waals surface area contributed by atoms with Gasteiger partial charge in [0, 0.05) is 42.5 Å². The van der Waals surface area contributed by atoms with Crippen molar-refractivity contribution < 1.29 is 19.8 Å². The summed E-state index contributed by atoms with van der Waals surface area (Å²) in [5.41, 5.74) is 2.97. The molecule has 3 rings (SSSR count). The first-order chi connectivity index (χ1) is 16.8. The highest BCUT2D eigenvalue weighted by Gasteiger charge is 2.21. The fraction of sp³-hybridized carbons (Fsp3) is 0.296. The van der Waals surface area contributed by atoms with E-state index in [9.17, 15) is 19.8 Å². The van der Waals surface area contributed by atoms with Crippen LogP contribution in [-0.2, 0) is 17.6 Å². The predicted octanol–water partition coefficient (Wildman–Crippen LogP) is 2.97. The number of aliphatic hydroxyl groups is 1. The molecule has 0 unspecified atom stereocenters. The molecule has 35 heavy (non-hydrogen) atoms. The van der Waals surface area contributed by atoms with E-state index in [1.165, 1.54) is 6.07 Å². The minimum atomic E-state index is -0.835. The molecule has 0 saturated carbocycles. The number of nitrogens with one attached hydrogen (secondary N) is 3. The smallest absolute Gasteiger partial charge is 0.251 e. The molecule has 5 N–H and O–H groups in total. The number of phenolic OH excluding ortho intramolecular Hbond substituents is 1. The van der Waals surface area contributed by atoms with Gasteiger partial charge in [0.1, 0.15) is 5.75 Å². The Hall–Kier alpha value is -3.75. The third kappa shape index (κ3) is 7.91. The van der Waals surface area contributed by atoms with E-state index < -0.39 is 6.10 Å². The monoisotopic (exact) mass is 476 g/mol. The number of anilines is 1. The molecule has 0 radical (unpaired) electrons. The molecule has 184 valence electrons. The summed E-state index contributed by atoms with van der Waals surface area (Å²) >= 11 is 0. The summed E-state index contributed by atoms with van der Waals surface area (Å²) in [5, 5.41) is 29.1. The number of rotatable bonds is 12. The molecule has 3 aromatic rings. The first-order valence-corrected chi connectivity index (χ1v) is 11.5. The average molecular weight is 477 g/mol. The van der Waals surface area contributed by atoms with Crippen molar-refractivity contribution in [1.82, 2.24) is 15.6 Å². The lowest BCUT2D eigenvalue weighted by Gasteiger charge is -2.28. The summed E-state index contributed by atoms with van der Waals surface area (Å²) < 4.78 is 0. The van der Waals surface area contributed by atoms with Gasteiger partial charge in [0.05, 0.1) is 11.8 Å². The standard InChI is InChI=1S/C27H32N4O4/c1-27(2,31-17-25(34)20-9-10-24(33)23(15-20)30-18-32)16-19-6-5-7-21(14-19)26(35)29-13-11-22-8-3-4-12-28-22/h3-10,12,14-15,18,25,31,33-34H,11,13,16-17H2,1-2H3,(H,29,35)(H,30,32)/t25-/m1/s1. The van der Waals surface area contributed by atoms with E-state index in [4.69, 9.17) is 0 Å². The first kappa shape index (κ1) is 25.9. The second-order valence-electron chi connectivity index (χ2n) is 9.02. The molecule has 0 aliphatic carbocycles. The Morgan fingerprint density at radius 3 is 2.69 bits per heavy atom. The Bertz CT molecular complexity index is 1140. The third-order valence-corrected chi connectivity index (χ3v) is 5.62. The first-order valence-electron chi connectivity index (χ1n) is 11.5. The van der Waals surface area contributed by atoms with Crippen LogP contribution >= 0.6 is 0 Å². The topological polar surface area (TPSA) is 124 Å². The summed E-state index contributed by atoms with van der Waals surface area (Å²) in [6.07, 6.45) is 2.68. The van der Waals surface area contributed by atoms with Gasteiger partial charge in [-0.15, -0.1) is 0 Å². The van der Waals surface area contributed by atoms with E-state index in [1.807, 2.05) is 50.2 Å². The molecule has 0 aliphatic heterocycles. The van der Waals surface area contributed by atoms with Crippen LogP contribution in [0.15, 0.2) is 66.9 Å². The van der Waals surface area contributed by atoms with Crippen molar-refractivity contribution in [3.63, 3.8) is 0 Å². The number of benzene rings is 2. The van der Waals surface area contributed by atoms with Crippen LogP contribution in [0, 0.1) is 0 Å². The summed E-state index contributed by atoms with van der Waals surface area (Å²) in [6, 6.07) is 17.8. The van der Waals surface area contributed by atoms with Crippen molar-refractivity contribution in [2.45, 2.75) is 38.3 Å². The molecule has 1 heterocycles. The molecule has 0 spiro atoms. The Labute approximate surface area is 205 Å². The Balaban J connectivity index is 1.54. The number of amides is 2. The number of β-amino-alcohol motifs (C(OH)–C–C–N with tert-alkyl or cyclic N) is 1. The molecule has 0 fully saturated rings. The van der Waals surface area contributed by atoms with Gasteiger partial charge in [-0.1, -0.05) is 24.3 Å². The molecule has 0 saturated heterocycles. The van der Waals surface area contributed by atoms with Crippen molar-refractivity contribution in [3.05, 3.63) is 89.2 Å². The summed E-state index contributed by atoms with van der Waals surface area (Å²) in [5.74, 6) is -0.196. The van der Waals surface area contributed by atoms with Crippen LogP contribution in [0.25, 0.3) is 0 Å². The van der Waals surface area contributed by atoms with E-state index in [0.29, 0.717) is 36.9 Å². The lowest BCUT2D eigenvalue weighted by atomic mass is 9.93. The minimum Gasteiger partial charge on any atom is -0.506 e. The highest BCUT2D eigenvalue weighted by Crippen LogP contribution is 2.27. The Morgan fingerprint density at radius 2 is 1.94 bits per heavy atom. The second-order valence-corrected chi connectivity index (χ2v) is 9.02. The number of aliphatic hydroxyl groups excluding tert-OH is 1. The van der Waals surface area contributed by atoms with Gasteiger partial charge in [0.25, 0.3) is 5.91 Å². The predicted molar refractivity (Wildman–Crippen MR) is 135 cm³/mol. The molecule has 8 heteroatoms. The van der Waals surface area contributed by atoms with Crippen LogP contribution in [-0.4, -0.2) is 46.1 Å². The lowest BCUT2D eigenvalue weighted by Crippen LogP contribution is -2.43. The molecule has 2 aromatic carbocycles. The highest BCUT2D eigenvalue weighted by molar-refractivity contribution is 5.94. The van der Waals surface area contributed by atoms with Crippen molar-refractivity contribution in [3.8, 4) is 5.75 Å². The van der Waals surface area contributed by atoms with Crippen LogP contribution in [0.5, 0.6) is 5.75 Å². The Morgan fingerprint density at radius 1 is 1.11 bits per heavy atom. The number of hydrogen-bond acceptors (Lipinski definition) is 6. The van der Waals surface area contributed by atoms with Crippen molar-refractivity contribution in [2.75, 3.05) is 18.4 Å². The van der Waals surface area contributed by atoms with Gasteiger partial charge in [-0.05, 0) is 67.8 Å². The van der Waals surface area contributed by atoms with E-state index >= 15 is 0 Å². The fourth-order valence-corrected chi connectivity index (χ4v) is 3.78. The largest absolute Gasteiger partial charge is 0.506 e. The zero-order valence-electron chi connectivity index (χ0n) is 20.0. The van der Waals surface area contributed by atoms with Gasteiger partial charge in [-0.3, -0.25) is 14.6 Å². The van der Waals surface area contributed by atoms with Crippen LogP contribution in [0.2, 0.25) is 0 Å². The van der Waals surface area contributed by atoms with Gasteiger partial charge in [0.15, 0.2) is 0 Å². The van der Waals surface area contributed by atoms with E-state index in [-0.39, 0.29) is 29.4 Å². The van der Waals surface area contributed by atoms with Crippen molar-refractivity contribution in [1.29, 1.82) is 0 Å². The molecule has 8 nitrogen and oxygen atoms in total. The van der Waals surface area contributed by atoms with Crippen molar-refractivity contribution in [2.24, 2.45) is 0 Å². The van der Waals surface area contributed by atoms with Crippen LogP contribution in [0.1, 0.15) is 47.1 Å². The maximum atomic E-state index is 12.6. The summed E-state index contributed by atoms with van der Waals surface area (Å²) in [7, 11) is 0. The number of hydrogen-bond donors (Lipinski definition) is 5. The maximum absolute atomic E-state index is 12.6. The van der Waals surface area contributed by atoms with E-state index in [0.717, 1.165) is 11.3 Å². The van der Waals surface area contributed by atoms with Gasteiger partial charge >= 0.3 is 0 Å². The number of aromatic hydroxyl groups is 1. The minimum absolute atomic E-state index is 0.0676. The lowest BCUT2D eigenvalue weighted by molar-refractivity contribution is -0.105. The zero-order chi connectivity index (χ0) is 25.3. The molecule has 1 atom stereocenters. The number of pyridine rings is 1. The highest BCUT2D eigenvalue weighted by atomic mass is 16.3. The molecular weight excluding hydrogens is 444 g/mol. The van der Waals surface area contributed by atoms with Crippen LogP contribution in [0.4, 0.5) is 5.69 Å². The van der Waals surface area contributed by atoms with Crippen LogP contribution < -0.4 is 16.0 Å². The number of aromatic nitrogens is 1. The number of phenols is 1. The van der Waals surface area contributed by atoms with Gasteiger partial charge in [-0.25, -0.2) is 0 Å². The second kappa shape index (κ2) is 12.1. The third-order valence-electron chi connectivity index (χ3n) is 5.62. The fourth-order valence-electron chi connectivity index (χ4n) is 3.78. The van der Waals surface area contributed by atoms with Gasteiger partial charge in [-0.2, -0.15) is 0 Å². The van der Waals surface area contributed by atoms with Crippen LogP contribution in [0.3, 0.4) is 0 Å². The molecular formula is C27H32N4O4. The maximum Gasteiger partial charge on any atom is 0.251 e. The Kier molecular flexibility index (Phi) is 8.94. The molecule has 0 bridgehead atoms. The summed E-state index contributed by atoms with van der Waals surface area (Å²) in [6.45, 7) is 4.82. The normalized spacial score (nSPS) is 12.1. The quantitative estimate of drug-likeness (QED) is 0.202. The number of nitrogens with zero attached hydrogens (tertiary/aromatic N) is 1. The van der Waals surface area contributed by atoms with Gasteiger partial charge < -0.3 is 26.2 Å². The SMILES string of the molecule is CC(C)(Cc1cccc(C(=O)NCCc2ccccn2)c1)NC[C@@H](O)c1ccc(O)c(NC=O)c1.